The predicted octanol–water partition coefficient (Wildman–Crippen LogP) is 3.40. The largest absolute Gasteiger partial charge is 0.494 e. The molecule has 2 aromatic carbocycles. The quantitative estimate of drug-likeness (QED) is 0.497. The van der Waals surface area contributed by atoms with Crippen LogP contribution in [0.3, 0.4) is 0 Å². The zero-order chi connectivity index (χ0) is 26.1. The molecule has 9 nitrogen and oxygen atoms in total. The van der Waals surface area contributed by atoms with Gasteiger partial charge in [0.25, 0.3) is 11.5 Å². The summed E-state index contributed by atoms with van der Waals surface area (Å²) in [4.78, 5) is 33.2. The molecule has 1 saturated heterocycles. The maximum Gasteiger partial charge on any atom is 0.275 e. The molecular formula is C27H28FN3O6. The van der Waals surface area contributed by atoms with Gasteiger partial charge in [-0.3, -0.25) is 14.2 Å². The van der Waals surface area contributed by atoms with Crippen LogP contribution in [0.1, 0.15) is 46.9 Å². The maximum atomic E-state index is 13.9. The maximum absolute atomic E-state index is 13.9. The highest BCUT2D eigenvalue weighted by Gasteiger charge is 2.34. The second-order valence-electron chi connectivity index (χ2n) is 9.18. The fourth-order valence-electron chi connectivity index (χ4n) is 4.68. The smallest absolute Gasteiger partial charge is 0.275 e. The van der Waals surface area contributed by atoms with Crippen molar-refractivity contribution in [2.24, 2.45) is 0 Å². The molecule has 2 aliphatic rings. The van der Waals surface area contributed by atoms with Gasteiger partial charge in [-0.25, -0.2) is 4.39 Å². The lowest BCUT2D eigenvalue weighted by atomic mass is 9.98. The Morgan fingerprint density at radius 2 is 1.81 bits per heavy atom. The van der Waals surface area contributed by atoms with Crippen LogP contribution in [-0.4, -0.2) is 58.9 Å². The molecule has 1 unspecified atom stereocenters. The number of hydrogen-bond donors (Lipinski definition) is 1. The van der Waals surface area contributed by atoms with Crippen LogP contribution in [0.2, 0.25) is 0 Å². The van der Waals surface area contributed by atoms with Gasteiger partial charge in [0.15, 0.2) is 5.56 Å². The van der Waals surface area contributed by atoms with Gasteiger partial charge in [-0.1, -0.05) is 18.2 Å². The SMILES string of the molecule is COc1cccc(OC)c1-n1c(COC2CC2)nc(O)c(C(=O)N2CCC(c3cccc(F)c3)C2)c1=O. The van der Waals surface area contributed by atoms with Gasteiger partial charge in [-0.2, -0.15) is 4.98 Å². The number of likely N-dealkylation sites (tertiary alicyclic amines) is 1. The van der Waals surface area contributed by atoms with E-state index in [9.17, 15) is 19.1 Å². The van der Waals surface area contributed by atoms with Crippen LogP contribution in [0.15, 0.2) is 47.3 Å². The predicted molar refractivity (Wildman–Crippen MR) is 132 cm³/mol. The number of methoxy groups -OCH3 is 2. The average molecular weight is 510 g/mol. The molecule has 1 aromatic heterocycles. The van der Waals surface area contributed by atoms with Gasteiger partial charge in [0.2, 0.25) is 5.88 Å². The summed E-state index contributed by atoms with van der Waals surface area (Å²) in [6.07, 6.45) is 2.49. The molecular weight excluding hydrogens is 481 g/mol. The Labute approximate surface area is 213 Å². The van der Waals surface area contributed by atoms with Gasteiger partial charge in [0, 0.05) is 19.0 Å². The van der Waals surface area contributed by atoms with Crippen LogP contribution in [0.4, 0.5) is 4.39 Å². The van der Waals surface area contributed by atoms with Gasteiger partial charge < -0.3 is 24.2 Å². The topological polar surface area (TPSA) is 103 Å². The number of aromatic hydroxyl groups is 1. The van der Waals surface area contributed by atoms with Gasteiger partial charge in [0.1, 0.15) is 35.4 Å². The average Bonchev–Trinajstić information content (AvgIpc) is 3.59. The van der Waals surface area contributed by atoms with E-state index in [2.05, 4.69) is 4.98 Å². The third-order valence-electron chi connectivity index (χ3n) is 6.74. The van der Waals surface area contributed by atoms with E-state index in [-0.39, 0.29) is 42.5 Å². The number of halogens is 1. The van der Waals surface area contributed by atoms with Crippen LogP contribution in [0.5, 0.6) is 17.4 Å². The first-order valence-electron chi connectivity index (χ1n) is 12.1. The highest BCUT2D eigenvalue weighted by molar-refractivity contribution is 5.96. The van der Waals surface area contributed by atoms with Crippen molar-refractivity contribution in [1.82, 2.24) is 14.5 Å². The molecule has 2 fully saturated rings. The zero-order valence-corrected chi connectivity index (χ0v) is 20.6. The first-order valence-corrected chi connectivity index (χ1v) is 12.1. The minimum atomic E-state index is -0.760. The van der Waals surface area contributed by atoms with E-state index in [1.807, 2.05) is 6.07 Å². The number of benzene rings is 2. The molecule has 1 saturated carbocycles. The lowest BCUT2D eigenvalue weighted by Gasteiger charge is -2.21. The van der Waals surface area contributed by atoms with Crippen molar-refractivity contribution in [3.8, 4) is 23.1 Å². The molecule has 0 spiro atoms. The van der Waals surface area contributed by atoms with Crippen LogP contribution < -0.4 is 15.0 Å². The molecule has 1 atom stereocenters. The summed E-state index contributed by atoms with van der Waals surface area (Å²) >= 11 is 0. The van der Waals surface area contributed by atoms with Crippen molar-refractivity contribution in [1.29, 1.82) is 0 Å². The van der Waals surface area contributed by atoms with Gasteiger partial charge >= 0.3 is 0 Å². The third-order valence-corrected chi connectivity index (χ3v) is 6.74. The lowest BCUT2D eigenvalue weighted by Crippen LogP contribution is -2.37. The first-order chi connectivity index (χ1) is 17.9. The first kappa shape index (κ1) is 24.8. The minimum absolute atomic E-state index is 0.0471. The Morgan fingerprint density at radius 3 is 2.46 bits per heavy atom. The van der Waals surface area contributed by atoms with E-state index in [0.717, 1.165) is 18.4 Å². The molecule has 1 aliphatic heterocycles. The number of amides is 1. The Kier molecular flexibility index (Phi) is 6.84. The molecule has 194 valence electrons. The van der Waals surface area contributed by atoms with E-state index in [0.29, 0.717) is 24.5 Å². The normalized spacial score (nSPS) is 17.2. The molecule has 37 heavy (non-hydrogen) atoms. The van der Waals surface area contributed by atoms with Crippen LogP contribution in [0.25, 0.3) is 5.69 Å². The van der Waals surface area contributed by atoms with Crippen molar-refractivity contribution in [3.05, 3.63) is 75.6 Å². The summed E-state index contributed by atoms with van der Waals surface area (Å²) < 4.78 is 31.7. The number of rotatable bonds is 8. The van der Waals surface area contributed by atoms with Crippen molar-refractivity contribution < 1.29 is 28.5 Å². The fraction of sp³-hybridized carbons (Fsp3) is 0.370. The van der Waals surface area contributed by atoms with Crippen LogP contribution in [-0.2, 0) is 11.3 Å². The summed E-state index contributed by atoms with van der Waals surface area (Å²) in [5.74, 6) is -0.971. The van der Waals surface area contributed by atoms with Crippen molar-refractivity contribution in [2.45, 2.75) is 37.9 Å². The van der Waals surface area contributed by atoms with Gasteiger partial charge in [-0.05, 0) is 49.1 Å². The molecule has 2 heterocycles. The zero-order valence-electron chi connectivity index (χ0n) is 20.6. The molecule has 10 heteroatoms. The summed E-state index contributed by atoms with van der Waals surface area (Å²) in [5.41, 5.74) is -0.180. The second kappa shape index (κ2) is 10.2. The van der Waals surface area contributed by atoms with Crippen LogP contribution in [0, 0.1) is 5.82 Å². The lowest BCUT2D eigenvalue weighted by molar-refractivity contribution is 0.0781. The van der Waals surface area contributed by atoms with E-state index >= 15 is 0 Å². The fourth-order valence-corrected chi connectivity index (χ4v) is 4.68. The van der Waals surface area contributed by atoms with Crippen molar-refractivity contribution in [3.63, 3.8) is 0 Å². The number of carbonyl (C=O) groups is 1. The number of para-hydroxylation sites is 1. The third kappa shape index (κ3) is 4.89. The molecule has 1 aliphatic carbocycles. The van der Waals surface area contributed by atoms with E-state index in [1.165, 1.54) is 35.8 Å². The molecule has 0 radical (unpaired) electrons. The monoisotopic (exact) mass is 509 g/mol. The Hall–Kier alpha value is -3.92. The number of hydrogen-bond acceptors (Lipinski definition) is 7. The minimum Gasteiger partial charge on any atom is -0.494 e. The Balaban J connectivity index is 1.56. The summed E-state index contributed by atoms with van der Waals surface area (Å²) in [5, 5.41) is 10.8. The van der Waals surface area contributed by atoms with E-state index < -0.39 is 22.9 Å². The molecule has 1 amide bonds. The Bertz CT molecular complexity index is 1360. The molecule has 1 N–H and O–H groups in total. The number of ether oxygens (including phenoxy) is 3. The summed E-state index contributed by atoms with van der Waals surface area (Å²) in [6.45, 7) is 0.587. The molecule has 3 aromatic rings. The summed E-state index contributed by atoms with van der Waals surface area (Å²) in [7, 11) is 2.92. The highest BCUT2D eigenvalue weighted by Crippen LogP contribution is 2.34. The number of nitrogens with zero attached hydrogens (tertiary/aromatic N) is 3. The van der Waals surface area contributed by atoms with E-state index in [1.54, 1.807) is 24.3 Å². The highest BCUT2D eigenvalue weighted by atomic mass is 19.1. The van der Waals surface area contributed by atoms with E-state index in [4.69, 9.17) is 14.2 Å². The Morgan fingerprint density at radius 1 is 1.11 bits per heavy atom. The van der Waals surface area contributed by atoms with Crippen molar-refractivity contribution >= 4 is 5.91 Å². The van der Waals surface area contributed by atoms with Gasteiger partial charge in [-0.15, -0.1) is 0 Å². The molecule has 0 bridgehead atoms. The molecule has 5 rings (SSSR count). The summed E-state index contributed by atoms with van der Waals surface area (Å²) in [6, 6.07) is 11.3. The number of aromatic nitrogens is 2. The standard InChI is InChI=1S/C27H28FN3O6/c1-35-20-7-4-8-21(36-2)24(20)31-22(15-37-19-9-10-19)29-25(32)23(27(31)34)26(33)30-12-11-17(14-30)16-5-3-6-18(28)13-16/h3-8,13,17,19,32H,9-12,14-15H2,1-2H3. The second-order valence-corrected chi connectivity index (χ2v) is 9.18. The van der Waals surface area contributed by atoms with Crippen LogP contribution >= 0.6 is 0 Å². The van der Waals surface area contributed by atoms with Gasteiger partial charge in [0.05, 0.1) is 20.3 Å². The number of carbonyl (C=O) groups excluding carboxylic acids is 1. The van der Waals surface area contributed by atoms with Crippen molar-refractivity contribution in [2.75, 3.05) is 27.3 Å².